The van der Waals surface area contributed by atoms with E-state index in [2.05, 4.69) is 55.6 Å². The number of hydrogen-bond acceptors (Lipinski definition) is 5. The topological polar surface area (TPSA) is 66.0 Å². The van der Waals surface area contributed by atoms with Gasteiger partial charge in [0.2, 0.25) is 0 Å². The molecular weight excluding hydrogens is 430 g/mol. The highest BCUT2D eigenvalue weighted by Gasteiger charge is 2.57. The van der Waals surface area contributed by atoms with E-state index >= 15 is 0 Å². The van der Waals surface area contributed by atoms with Crippen molar-refractivity contribution in [2.24, 2.45) is 0 Å². The predicted molar refractivity (Wildman–Crippen MR) is 130 cm³/mol. The summed E-state index contributed by atoms with van der Waals surface area (Å²) >= 11 is 0. The monoisotopic (exact) mass is 467 g/mol. The van der Waals surface area contributed by atoms with E-state index in [-0.39, 0.29) is 24.2 Å². The molecule has 1 aliphatic carbocycles. The first kappa shape index (κ1) is 24.9. The number of likely N-dealkylation sites (N-methyl/N-ethyl adjacent to an activating group) is 1. The summed E-state index contributed by atoms with van der Waals surface area (Å²) in [5.74, 6) is -0.868. The van der Waals surface area contributed by atoms with Gasteiger partial charge in [-0.2, -0.15) is 0 Å². The van der Waals surface area contributed by atoms with Crippen LogP contribution in [0.15, 0.2) is 48.5 Å². The quantitative estimate of drug-likeness (QED) is 0.615. The van der Waals surface area contributed by atoms with Gasteiger partial charge in [0.1, 0.15) is 6.10 Å². The summed E-state index contributed by atoms with van der Waals surface area (Å²) < 4.78 is 25.4. The number of carbonyl (C=O) groups is 1. The molecule has 2 aromatic carbocycles. The maximum atomic E-state index is 13.4. The lowest BCUT2D eigenvalue weighted by molar-refractivity contribution is -0.183. The van der Waals surface area contributed by atoms with Crippen molar-refractivity contribution in [1.29, 1.82) is 0 Å². The van der Waals surface area contributed by atoms with Gasteiger partial charge in [0.15, 0.2) is 11.4 Å². The van der Waals surface area contributed by atoms with Gasteiger partial charge in [-0.15, -0.1) is 0 Å². The number of nitrogens with one attached hydrogen (secondary N) is 1. The Morgan fingerprint density at radius 2 is 1.76 bits per heavy atom. The number of carbonyl (C=O) groups excluding carboxylic acids is 1. The number of hydrogen-bond donors (Lipinski definition) is 1. The zero-order valence-electron chi connectivity index (χ0n) is 20.9. The zero-order chi connectivity index (χ0) is 24.3. The largest absolute Gasteiger partial charge is 0.371 e. The minimum absolute atomic E-state index is 0.127. The number of benzene rings is 2. The number of rotatable bonds is 8. The molecule has 1 aliphatic heterocycles. The van der Waals surface area contributed by atoms with Crippen LogP contribution in [0.5, 0.6) is 0 Å². The Hall–Kier alpha value is -2.25. The summed E-state index contributed by atoms with van der Waals surface area (Å²) in [6, 6.07) is 16.4. The van der Waals surface area contributed by atoms with E-state index in [1.807, 2.05) is 32.9 Å². The average molecular weight is 468 g/mol. The molecule has 1 saturated heterocycles. The SMILES string of the molecule is CCNC(=O)[C@@]1(OCc2cccc(C)c2)C[C@H](OCc2ccc(C)cc2)[C@@H]2OC(C)(C)O[C@@H]2C1. The second-order valence-corrected chi connectivity index (χ2v) is 10.0. The molecule has 4 rings (SSSR count). The second kappa shape index (κ2) is 10.2. The molecule has 2 aromatic rings. The molecule has 2 fully saturated rings. The highest BCUT2D eigenvalue weighted by Crippen LogP contribution is 2.44. The van der Waals surface area contributed by atoms with Crippen molar-refractivity contribution in [2.45, 2.75) is 90.4 Å². The summed E-state index contributed by atoms with van der Waals surface area (Å²) in [5.41, 5.74) is 3.41. The van der Waals surface area contributed by atoms with Gasteiger partial charge in [0, 0.05) is 19.4 Å². The summed E-state index contributed by atoms with van der Waals surface area (Å²) in [6.45, 7) is 11.1. The van der Waals surface area contributed by atoms with E-state index in [1.54, 1.807) is 0 Å². The molecule has 6 nitrogen and oxygen atoms in total. The van der Waals surface area contributed by atoms with E-state index in [4.69, 9.17) is 18.9 Å². The number of aryl methyl sites for hydroxylation is 2. The molecule has 1 amide bonds. The molecule has 0 radical (unpaired) electrons. The van der Waals surface area contributed by atoms with Crippen LogP contribution in [-0.2, 0) is 37.0 Å². The van der Waals surface area contributed by atoms with Crippen LogP contribution in [0.2, 0.25) is 0 Å². The lowest BCUT2D eigenvalue weighted by Crippen LogP contribution is -2.60. The first-order valence-electron chi connectivity index (χ1n) is 12.2. The Labute approximate surface area is 202 Å². The van der Waals surface area contributed by atoms with Gasteiger partial charge >= 0.3 is 0 Å². The number of fused-ring (bicyclic) bond motifs is 1. The zero-order valence-corrected chi connectivity index (χ0v) is 20.9. The molecule has 0 aromatic heterocycles. The van der Waals surface area contributed by atoms with E-state index in [1.165, 1.54) is 5.56 Å². The van der Waals surface area contributed by atoms with E-state index < -0.39 is 11.4 Å². The standard InChI is InChI=1S/C28H37NO5/c1-6-29-26(30)28(32-18-22-9-7-8-20(3)14-22)15-23(25-24(16-28)33-27(4,5)34-25)31-17-21-12-10-19(2)11-13-21/h7-14,23-25H,6,15-18H2,1-5H3,(H,29,30)/t23-,24+,25-,28+/m0/s1. The normalized spacial score (nSPS) is 27.9. The maximum absolute atomic E-state index is 13.4. The van der Waals surface area contributed by atoms with E-state index in [0.717, 1.165) is 16.7 Å². The fourth-order valence-electron chi connectivity index (χ4n) is 4.94. The van der Waals surface area contributed by atoms with E-state index in [9.17, 15) is 4.79 Å². The Kier molecular flexibility index (Phi) is 7.43. The highest BCUT2D eigenvalue weighted by atomic mass is 16.8. The highest BCUT2D eigenvalue weighted by molar-refractivity contribution is 5.85. The molecule has 184 valence electrons. The Morgan fingerprint density at radius 1 is 1.00 bits per heavy atom. The van der Waals surface area contributed by atoms with Crippen LogP contribution in [0.1, 0.15) is 55.9 Å². The smallest absolute Gasteiger partial charge is 0.252 e. The summed E-state index contributed by atoms with van der Waals surface area (Å²) in [6.07, 6.45) is -0.0836. The first-order chi connectivity index (χ1) is 16.2. The van der Waals surface area contributed by atoms with Crippen molar-refractivity contribution in [3.8, 4) is 0 Å². The van der Waals surface area contributed by atoms with E-state index in [0.29, 0.717) is 32.6 Å². The van der Waals surface area contributed by atoms with Crippen molar-refractivity contribution in [1.82, 2.24) is 5.32 Å². The first-order valence-corrected chi connectivity index (χ1v) is 12.2. The van der Waals surface area contributed by atoms with Gasteiger partial charge < -0.3 is 24.3 Å². The van der Waals surface area contributed by atoms with Crippen molar-refractivity contribution in [3.63, 3.8) is 0 Å². The summed E-state index contributed by atoms with van der Waals surface area (Å²) in [7, 11) is 0. The van der Waals surface area contributed by atoms with Crippen LogP contribution >= 0.6 is 0 Å². The molecule has 0 spiro atoms. The maximum Gasteiger partial charge on any atom is 0.252 e. The fraction of sp³-hybridized carbons (Fsp3) is 0.536. The molecule has 1 saturated carbocycles. The van der Waals surface area contributed by atoms with Crippen LogP contribution in [0.3, 0.4) is 0 Å². The number of amides is 1. The van der Waals surface area contributed by atoms with Gasteiger partial charge in [0.25, 0.3) is 5.91 Å². The molecular formula is C28H37NO5. The summed E-state index contributed by atoms with van der Waals surface area (Å²) in [5, 5.41) is 2.99. The lowest BCUT2D eigenvalue weighted by Gasteiger charge is -2.43. The van der Waals surface area contributed by atoms with Crippen molar-refractivity contribution in [3.05, 3.63) is 70.8 Å². The Morgan fingerprint density at radius 3 is 2.47 bits per heavy atom. The average Bonchev–Trinajstić information content (AvgIpc) is 3.11. The Bertz CT molecular complexity index is 989. The van der Waals surface area contributed by atoms with Gasteiger partial charge in [0.05, 0.1) is 25.4 Å². The minimum Gasteiger partial charge on any atom is -0.371 e. The van der Waals surface area contributed by atoms with Crippen LogP contribution < -0.4 is 5.32 Å². The molecule has 0 unspecified atom stereocenters. The molecule has 1 N–H and O–H groups in total. The molecule has 4 atom stereocenters. The van der Waals surface area contributed by atoms with Crippen molar-refractivity contribution >= 4 is 5.91 Å². The molecule has 34 heavy (non-hydrogen) atoms. The number of ether oxygens (including phenoxy) is 4. The fourth-order valence-corrected chi connectivity index (χ4v) is 4.94. The predicted octanol–water partition coefficient (Wildman–Crippen LogP) is 4.59. The van der Waals surface area contributed by atoms with Crippen LogP contribution in [-0.4, -0.2) is 42.2 Å². The Balaban J connectivity index is 1.58. The van der Waals surface area contributed by atoms with Crippen LogP contribution in [0, 0.1) is 13.8 Å². The second-order valence-electron chi connectivity index (χ2n) is 10.0. The van der Waals surface area contributed by atoms with Crippen molar-refractivity contribution < 1.29 is 23.7 Å². The molecule has 0 bridgehead atoms. The third-order valence-electron chi connectivity index (χ3n) is 6.58. The lowest BCUT2D eigenvalue weighted by atomic mass is 9.78. The van der Waals surface area contributed by atoms with Crippen LogP contribution in [0.4, 0.5) is 0 Å². The third-order valence-corrected chi connectivity index (χ3v) is 6.58. The molecule has 1 heterocycles. The van der Waals surface area contributed by atoms with Gasteiger partial charge in [-0.05, 0) is 45.7 Å². The van der Waals surface area contributed by atoms with Crippen LogP contribution in [0.25, 0.3) is 0 Å². The third kappa shape index (κ3) is 5.69. The molecule has 2 aliphatic rings. The van der Waals surface area contributed by atoms with Gasteiger partial charge in [-0.1, -0.05) is 59.7 Å². The minimum atomic E-state index is -1.07. The summed E-state index contributed by atoms with van der Waals surface area (Å²) in [4.78, 5) is 13.4. The van der Waals surface area contributed by atoms with Gasteiger partial charge in [-0.3, -0.25) is 4.79 Å². The molecule has 6 heteroatoms. The van der Waals surface area contributed by atoms with Gasteiger partial charge in [-0.25, -0.2) is 0 Å². The van der Waals surface area contributed by atoms with Crippen molar-refractivity contribution in [2.75, 3.05) is 6.54 Å².